The first-order valence-electron chi connectivity index (χ1n) is 10.3. The quantitative estimate of drug-likeness (QED) is 0.247. The highest BCUT2D eigenvalue weighted by atomic mass is 32.2. The summed E-state index contributed by atoms with van der Waals surface area (Å²) >= 11 is 0. The first kappa shape index (κ1) is 23.7. The lowest BCUT2D eigenvalue weighted by Crippen LogP contribution is -2.20. The lowest BCUT2D eigenvalue weighted by molar-refractivity contribution is -0.146. The molecule has 0 aliphatic rings. The third-order valence-corrected chi connectivity index (χ3v) is 6.08. The summed E-state index contributed by atoms with van der Waals surface area (Å²) in [6.45, 7) is 2.00. The van der Waals surface area contributed by atoms with E-state index in [0.29, 0.717) is 0 Å². The van der Waals surface area contributed by atoms with Crippen molar-refractivity contribution in [1.29, 1.82) is 0 Å². The zero-order valence-corrected chi connectivity index (χ0v) is 18.7. The third-order valence-electron chi connectivity index (χ3n) is 4.75. The van der Waals surface area contributed by atoms with E-state index >= 15 is 0 Å². The van der Waals surface area contributed by atoms with Crippen LogP contribution >= 0.6 is 0 Å². The van der Waals surface area contributed by atoms with Crippen LogP contribution < -0.4 is 0 Å². The van der Waals surface area contributed by atoms with Gasteiger partial charge in [0, 0.05) is 0 Å². The highest BCUT2D eigenvalue weighted by molar-refractivity contribution is 7.86. The summed E-state index contributed by atoms with van der Waals surface area (Å²) in [5, 5.41) is 0. The Labute approximate surface area is 188 Å². The van der Waals surface area contributed by atoms with Crippen molar-refractivity contribution in [2.45, 2.75) is 17.7 Å². The molecular weight excluding hydrogens is 428 g/mol. The highest BCUT2D eigenvalue weighted by Crippen LogP contribution is 2.25. The Balaban J connectivity index is 1.43. The van der Waals surface area contributed by atoms with Crippen LogP contribution in [0, 0.1) is 6.92 Å². The molecule has 0 fully saturated rings. The maximum absolute atomic E-state index is 12.8. The average molecular weight is 455 g/mol. The molecule has 168 valence electrons. The van der Waals surface area contributed by atoms with Gasteiger partial charge in [-0.05, 0) is 30.2 Å². The minimum absolute atomic E-state index is 0.0553. The number of hydrogen-bond donors (Lipinski definition) is 0. The lowest BCUT2D eigenvalue weighted by Gasteiger charge is -2.17. The van der Waals surface area contributed by atoms with E-state index in [1.165, 1.54) is 12.1 Å². The van der Waals surface area contributed by atoms with Gasteiger partial charge in [-0.1, -0.05) is 78.4 Å². The lowest BCUT2D eigenvalue weighted by atomic mass is 9.91. The predicted molar refractivity (Wildman–Crippen MR) is 121 cm³/mol. The number of carbonyl (C=O) groups is 1. The summed E-state index contributed by atoms with van der Waals surface area (Å²) in [5.41, 5.74) is 2.65. The topological polar surface area (TPSA) is 78.9 Å². The number of rotatable bonds is 11. The second kappa shape index (κ2) is 11.6. The molecule has 0 saturated carbocycles. The van der Waals surface area contributed by atoms with E-state index in [1.54, 1.807) is 12.1 Å². The number of aryl methyl sites for hydroxylation is 1. The molecule has 0 N–H and O–H groups in total. The molecule has 0 atom stereocenters. The molecule has 0 saturated heterocycles. The van der Waals surface area contributed by atoms with E-state index in [0.717, 1.165) is 16.7 Å². The van der Waals surface area contributed by atoms with Crippen LogP contribution in [0.1, 0.15) is 22.6 Å². The van der Waals surface area contributed by atoms with Gasteiger partial charge in [-0.3, -0.25) is 8.98 Å². The van der Waals surface area contributed by atoms with Crippen molar-refractivity contribution in [2.75, 3.05) is 26.4 Å². The molecule has 3 aromatic rings. The summed E-state index contributed by atoms with van der Waals surface area (Å²) in [4.78, 5) is 12.9. The maximum atomic E-state index is 12.8. The Morgan fingerprint density at radius 1 is 0.750 bits per heavy atom. The normalized spacial score (nSPS) is 11.4. The van der Waals surface area contributed by atoms with Crippen molar-refractivity contribution in [3.05, 3.63) is 102 Å². The molecule has 0 heterocycles. The fourth-order valence-corrected chi connectivity index (χ4v) is 4.01. The number of benzene rings is 3. The molecule has 0 aliphatic carbocycles. The smallest absolute Gasteiger partial charge is 0.318 e. The second-order valence-electron chi connectivity index (χ2n) is 7.12. The van der Waals surface area contributed by atoms with Gasteiger partial charge in [-0.25, -0.2) is 0 Å². The molecule has 6 nitrogen and oxygen atoms in total. The van der Waals surface area contributed by atoms with Crippen LogP contribution in [-0.4, -0.2) is 40.8 Å². The van der Waals surface area contributed by atoms with Gasteiger partial charge in [0.2, 0.25) is 0 Å². The Hall–Kier alpha value is -3.00. The van der Waals surface area contributed by atoms with Crippen LogP contribution in [0.15, 0.2) is 89.8 Å². The number of esters is 1. The van der Waals surface area contributed by atoms with Crippen LogP contribution in [0.2, 0.25) is 0 Å². The van der Waals surface area contributed by atoms with Crippen LogP contribution in [0.5, 0.6) is 0 Å². The van der Waals surface area contributed by atoms with Gasteiger partial charge in [-0.15, -0.1) is 0 Å². The number of ether oxygens (including phenoxy) is 2. The first-order chi connectivity index (χ1) is 15.5. The SMILES string of the molecule is Cc1ccc(S(=O)(=O)OCCOCCOC(=O)C(c2ccccc2)c2ccccc2)cc1. The first-order valence-corrected chi connectivity index (χ1v) is 11.7. The molecule has 3 aromatic carbocycles. The molecule has 3 rings (SSSR count). The van der Waals surface area contributed by atoms with Crippen molar-refractivity contribution >= 4 is 16.1 Å². The van der Waals surface area contributed by atoms with Gasteiger partial charge in [0.1, 0.15) is 12.5 Å². The molecule has 0 aliphatic heterocycles. The molecular formula is C25H26O6S. The molecule has 0 radical (unpaired) electrons. The molecule has 7 heteroatoms. The summed E-state index contributed by atoms with van der Waals surface area (Å²) < 4.78 is 40.0. The monoisotopic (exact) mass is 454 g/mol. The van der Waals surface area contributed by atoms with E-state index in [2.05, 4.69) is 0 Å². The molecule has 0 amide bonds. The van der Waals surface area contributed by atoms with E-state index in [4.69, 9.17) is 13.7 Å². The van der Waals surface area contributed by atoms with Crippen molar-refractivity contribution in [3.63, 3.8) is 0 Å². The van der Waals surface area contributed by atoms with Crippen LogP contribution in [0.25, 0.3) is 0 Å². The van der Waals surface area contributed by atoms with E-state index in [1.807, 2.05) is 67.6 Å². The fraction of sp³-hybridized carbons (Fsp3) is 0.240. The van der Waals surface area contributed by atoms with Gasteiger partial charge < -0.3 is 9.47 Å². The Morgan fingerprint density at radius 3 is 1.84 bits per heavy atom. The number of carbonyl (C=O) groups excluding carboxylic acids is 1. The molecule has 0 bridgehead atoms. The molecule has 0 unspecified atom stereocenters. The van der Waals surface area contributed by atoms with Crippen molar-refractivity contribution < 1.29 is 26.9 Å². The molecule has 0 spiro atoms. The Kier molecular flexibility index (Phi) is 8.56. The van der Waals surface area contributed by atoms with Gasteiger partial charge in [0.05, 0.1) is 24.7 Å². The van der Waals surface area contributed by atoms with Gasteiger partial charge in [-0.2, -0.15) is 8.42 Å². The highest BCUT2D eigenvalue weighted by Gasteiger charge is 2.24. The van der Waals surface area contributed by atoms with Crippen molar-refractivity contribution in [2.24, 2.45) is 0 Å². The van der Waals surface area contributed by atoms with E-state index in [9.17, 15) is 13.2 Å². The average Bonchev–Trinajstić information content (AvgIpc) is 2.80. The minimum Gasteiger partial charge on any atom is -0.463 e. The Morgan fingerprint density at radius 2 is 1.28 bits per heavy atom. The van der Waals surface area contributed by atoms with Gasteiger partial charge >= 0.3 is 5.97 Å². The van der Waals surface area contributed by atoms with Crippen molar-refractivity contribution in [3.8, 4) is 0 Å². The summed E-state index contributed by atoms with van der Waals surface area (Å²) in [7, 11) is -3.82. The summed E-state index contributed by atoms with van der Waals surface area (Å²) in [5.74, 6) is -0.899. The Bertz CT molecular complexity index is 1040. The maximum Gasteiger partial charge on any atom is 0.318 e. The van der Waals surface area contributed by atoms with Gasteiger partial charge in [0.25, 0.3) is 10.1 Å². The zero-order valence-electron chi connectivity index (χ0n) is 17.8. The van der Waals surface area contributed by atoms with Crippen molar-refractivity contribution in [1.82, 2.24) is 0 Å². The van der Waals surface area contributed by atoms with Gasteiger partial charge in [0.15, 0.2) is 0 Å². The standard InChI is InChI=1S/C25H26O6S/c1-20-12-14-23(15-13-20)32(27,28)31-19-17-29-16-18-30-25(26)24(21-8-4-2-5-9-21)22-10-6-3-7-11-22/h2-15,24H,16-19H2,1H3. The molecule has 32 heavy (non-hydrogen) atoms. The fourth-order valence-electron chi connectivity index (χ4n) is 3.12. The zero-order chi connectivity index (χ0) is 22.8. The second-order valence-corrected chi connectivity index (χ2v) is 8.74. The minimum atomic E-state index is -3.82. The third kappa shape index (κ3) is 6.75. The van der Waals surface area contributed by atoms with Crippen LogP contribution in [0.3, 0.4) is 0 Å². The summed E-state index contributed by atoms with van der Waals surface area (Å²) in [6.07, 6.45) is 0. The molecule has 0 aromatic heterocycles. The van der Waals surface area contributed by atoms with Crippen LogP contribution in [0.4, 0.5) is 0 Å². The number of hydrogen-bond acceptors (Lipinski definition) is 6. The largest absolute Gasteiger partial charge is 0.463 e. The summed E-state index contributed by atoms with van der Waals surface area (Å²) in [6, 6.07) is 25.3. The van der Waals surface area contributed by atoms with E-state index in [-0.39, 0.29) is 37.3 Å². The van der Waals surface area contributed by atoms with Crippen LogP contribution in [-0.2, 0) is 28.6 Å². The predicted octanol–water partition coefficient (Wildman–Crippen LogP) is 4.09. The van der Waals surface area contributed by atoms with E-state index < -0.39 is 16.0 Å².